The predicted molar refractivity (Wildman–Crippen MR) is 117 cm³/mol. The highest BCUT2D eigenvalue weighted by molar-refractivity contribution is 5.79. The molecule has 0 amide bonds. The van der Waals surface area contributed by atoms with E-state index < -0.39 is 0 Å². The van der Waals surface area contributed by atoms with Gasteiger partial charge >= 0.3 is 0 Å². The van der Waals surface area contributed by atoms with Crippen LogP contribution in [0, 0.1) is 11.8 Å². The Labute approximate surface area is 171 Å². The number of guanidine groups is 1. The molecule has 0 spiro atoms. The van der Waals surface area contributed by atoms with Crippen LogP contribution in [0.25, 0.3) is 0 Å². The number of aliphatic imine (C=N–C) groups is 1. The average molecular weight is 390 g/mol. The maximum atomic E-state index is 9.37. The van der Waals surface area contributed by atoms with Crippen molar-refractivity contribution in [2.45, 2.75) is 51.9 Å². The second kappa shape index (κ2) is 12.1. The standard InChI is InChI=1S/C23H39N3O2/c1-4-24-22(25-17-20(10-13-27)16-19(2)3)26-18-23(11-14-28-15-12-23)21-8-6-5-7-9-21/h5-9,19-20,27H,4,10-18H2,1-3H3,(H2,24,25,26). The van der Waals surface area contributed by atoms with Crippen molar-refractivity contribution in [1.29, 1.82) is 0 Å². The van der Waals surface area contributed by atoms with Crippen molar-refractivity contribution >= 4 is 5.96 Å². The first-order valence-corrected chi connectivity index (χ1v) is 10.9. The van der Waals surface area contributed by atoms with Crippen LogP contribution in [0.4, 0.5) is 0 Å². The summed E-state index contributed by atoms with van der Waals surface area (Å²) in [6.45, 7) is 10.8. The average Bonchev–Trinajstić information content (AvgIpc) is 2.71. The number of aliphatic hydroxyl groups excluding tert-OH is 1. The van der Waals surface area contributed by atoms with Crippen LogP contribution in [0.3, 0.4) is 0 Å². The molecule has 158 valence electrons. The van der Waals surface area contributed by atoms with Crippen molar-refractivity contribution < 1.29 is 9.84 Å². The van der Waals surface area contributed by atoms with E-state index in [4.69, 9.17) is 9.73 Å². The molecule has 1 atom stereocenters. The predicted octanol–water partition coefficient (Wildman–Crippen LogP) is 3.33. The molecule has 5 heteroatoms. The molecule has 1 aliphatic heterocycles. The Kier molecular flexibility index (Phi) is 9.79. The number of nitrogens with one attached hydrogen (secondary N) is 2. The van der Waals surface area contributed by atoms with Gasteiger partial charge in [-0.15, -0.1) is 0 Å². The highest BCUT2D eigenvalue weighted by Gasteiger charge is 2.34. The van der Waals surface area contributed by atoms with Gasteiger partial charge in [0.2, 0.25) is 0 Å². The van der Waals surface area contributed by atoms with Crippen LogP contribution in [0.1, 0.15) is 52.0 Å². The SMILES string of the molecule is CCNC(=NCC1(c2ccccc2)CCOCC1)NCC(CCO)CC(C)C. The van der Waals surface area contributed by atoms with E-state index in [9.17, 15) is 5.11 Å². The Morgan fingerprint density at radius 2 is 1.89 bits per heavy atom. The van der Waals surface area contributed by atoms with E-state index in [1.807, 2.05) is 0 Å². The van der Waals surface area contributed by atoms with Gasteiger partial charge in [-0.25, -0.2) is 0 Å². The first-order valence-electron chi connectivity index (χ1n) is 10.9. The molecule has 0 aromatic heterocycles. The summed E-state index contributed by atoms with van der Waals surface area (Å²) in [5.74, 6) is 1.96. The Hall–Kier alpha value is -1.59. The molecule has 1 aromatic carbocycles. The van der Waals surface area contributed by atoms with Crippen molar-refractivity contribution in [3.8, 4) is 0 Å². The molecule has 5 nitrogen and oxygen atoms in total. The first kappa shape index (κ1) is 22.7. The minimum atomic E-state index is 0.0459. The van der Waals surface area contributed by atoms with E-state index >= 15 is 0 Å². The molecule has 2 rings (SSSR count). The van der Waals surface area contributed by atoms with Gasteiger partial charge in [-0.3, -0.25) is 4.99 Å². The highest BCUT2D eigenvalue weighted by Crippen LogP contribution is 2.35. The Balaban J connectivity index is 2.08. The summed E-state index contributed by atoms with van der Waals surface area (Å²) in [7, 11) is 0. The highest BCUT2D eigenvalue weighted by atomic mass is 16.5. The van der Waals surface area contributed by atoms with Crippen LogP contribution < -0.4 is 10.6 Å². The molecule has 3 N–H and O–H groups in total. The molecule has 0 aliphatic carbocycles. The number of benzene rings is 1. The molecule has 0 saturated carbocycles. The summed E-state index contributed by atoms with van der Waals surface area (Å²) in [5.41, 5.74) is 1.40. The molecule has 0 radical (unpaired) electrons. The van der Waals surface area contributed by atoms with E-state index in [1.54, 1.807) is 0 Å². The monoisotopic (exact) mass is 389 g/mol. The number of hydrogen-bond acceptors (Lipinski definition) is 3. The molecule has 1 heterocycles. The Morgan fingerprint density at radius 1 is 1.18 bits per heavy atom. The normalized spacial score (nSPS) is 18.1. The fourth-order valence-electron chi connectivity index (χ4n) is 4.06. The lowest BCUT2D eigenvalue weighted by molar-refractivity contribution is 0.0531. The minimum absolute atomic E-state index is 0.0459. The number of aliphatic hydroxyl groups is 1. The third-order valence-electron chi connectivity index (χ3n) is 5.62. The van der Waals surface area contributed by atoms with E-state index in [-0.39, 0.29) is 12.0 Å². The van der Waals surface area contributed by atoms with Gasteiger partial charge in [0.1, 0.15) is 0 Å². The Bertz CT molecular complexity index is 568. The zero-order valence-electron chi connectivity index (χ0n) is 17.9. The zero-order valence-corrected chi connectivity index (χ0v) is 17.9. The van der Waals surface area contributed by atoms with Crippen LogP contribution in [0.2, 0.25) is 0 Å². The van der Waals surface area contributed by atoms with Crippen LogP contribution in [-0.2, 0) is 10.2 Å². The molecule has 1 aliphatic rings. The second-order valence-electron chi connectivity index (χ2n) is 8.34. The fourth-order valence-corrected chi connectivity index (χ4v) is 4.06. The lowest BCUT2D eigenvalue weighted by Crippen LogP contribution is -2.42. The zero-order chi connectivity index (χ0) is 20.2. The number of nitrogens with zero attached hydrogens (tertiary/aromatic N) is 1. The van der Waals surface area contributed by atoms with Crippen molar-refractivity contribution in [2.75, 3.05) is 39.5 Å². The number of rotatable bonds is 10. The maximum absolute atomic E-state index is 9.37. The van der Waals surface area contributed by atoms with Crippen molar-refractivity contribution in [3.63, 3.8) is 0 Å². The second-order valence-corrected chi connectivity index (χ2v) is 8.34. The molecule has 1 unspecified atom stereocenters. The van der Waals surface area contributed by atoms with Crippen LogP contribution in [-0.4, -0.2) is 50.5 Å². The lowest BCUT2D eigenvalue weighted by Gasteiger charge is -2.36. The quantitative estimate of drug-likeness (QED) is 0.424. The summed E-state index contributed by atoms with van der Waals surface area (Å²) in [6, 6.07) is 10.7. The minimum Gasteiger partial charge on any atom is -0.396 e. The van der Waals surface area contributed by atoms with Gasteiger partial charge < -0.3 is 20.5 Å². The Morgan fingerprint density at radius 3 is 2.50 bits per heavy atom. The van der Waals surface area contributed by atoms with E-state index in [1.165, 1.54) is 5.56 Å². The van der Waals surface area contributed by atoms with E-state index in [0.717, 1.165) is 64.5 Å². The molecular weight excluding hydrogens is 350 g/mol. The fraction of sp³-hybridized carbons (Fsp3) is 0.696. The molecular formula is C23H39N3O2. The van der Waals surface area contributed by atoms with Gasteiger partial charge in [0.05, 0.1) is 6.54 Å². The summed E-state index contributed by atoms with van der Waals surface area (Å²) in [4.78, 5) is 4.97. The van der Waals surface area contributed by atoms with Crippen LogP contribution in [0.5, 0.6) is 0 Å². The number of ether oxygens (including phenoxy) is 1. The van der Waals surface area contributed by atoms with Crippen molar-refractivity contribution in [1.82, 2.24) is 10.6 Å². The molecule has 28 heavy (non-hydrogen) atoms. The van der Waals surface area contributed by atoms with Gasteiger partial charge in [-0.05, 0) is 50.0 Å². The summed E-state index contributed by atoms with van der Waals surface area (Å²) < 4.78 is 5.64. The molecule has 1 aromatic rings. The maximum Gasteiger partial charge on any atom is 0.191 e. The van der Waals surface area contributed by atoms with E-state index in [0.29, 0.717) is 11.8 Å². The number of hydrogen-bond donors (Lipinski definition) is 3. The molecule has 1 saturated heterocycles. The van der Waals surface area contributed by atoms with Gasteiger partial charge in [0.25, 0.3) is 0 Å². The summed E-state index contributed by atoms with van der Waals surface area (Å²) in [6.07, 6.45) is 3.94. The smallest absolute Gasteiger partial charge is 0.191 e. The van der Waals surface area contributed by atoms with Gasteiger partial charge in [-0.2, -0.15) is 0 Å². The summed E-state index contributed by atoms with van der Waals surface area (Å²) in [5, 5.41) is 16.3. The van der Waals surface area contributed by atoms with Crippen LogP contribution >= 0.6 is 0 Å². The van der Waals surface area contributed by atoms with Gasteiger partial charge in [-0.1, -0.05) is 44.2 Å². The third-order valence-corrected chi connectivity index (χ3v) is 5.62. The van der Waals surface area contributed by atoms with Gasteiger partial charge in [0, 0.05) is 38.3 Å². The molecule has 1 fully saturated rings. The van der Waals surface area contributed by atoms with Crippen molar-refractivity contribution in [3.05, 3.63) is 35.9 Å². The van der Waals surface area contributed by atoms with E-state index in [2.05, 4.69) is 61.7 Å². The largest absolute Gasteiger partial charge is 0.396 e. The van der Waals surface area contributed by atoms with Gasteiger partial charge in [0.15, 0.2) is 5.96 Å². The lowest BCUT2D eigenvalue weighted by atomic mass is 9.74. The van der Waals surface area contributed by atoms with Crippen molar-refractivity contribution in [2.24, 2.45) is 16.8 Å². The first-order chi connectivity index (χ1) is 13.6. The third kappa shape index (κ3) is 7.10. The van der Waals surface area contributed by atoms with Crippen LogP contribution in [0.15, 0.2) is 35.3 Å². The summed E-state index contributed by atoms with van der Waals surface area (Å²) >= 11 is 0. The molecule has 0 bridgehead atoms. The topological polar surface area (TPSA) is 65.9 Å².